The van der Waals surface area contributed by atoms with Crippen molar-refractivity contribution in [2.24, 2.45) is 0 Å². The standard InChI is InChI=1S/C12H13N3O/c16-12(15-5-1-2-6-15)11-7-9-8-13-4-3-10(9)14-11/h3-4,7-8,14H,1-2,5-6H2. The Morgan fingerprint density at radius 2 is 2.19 bits per heavy atom. The smallest absolute Gasteiger partial charge is 0.270 e. The number of hydrogen-bond donors (Lipinski definition) is 1. The molecular formula is C12H13N3O. The Morgan fingerprint density at radius 3 is 2.94 bits per heavy atom. The summed E-state index contributed by atoms with van der Waals surface area (Å²) in [6, 6.07) is 3.76. The molecule has 4 nitrogen and oxygen atoms in total. The molecule has 82 valence electrons. The van der Waals surface area contributed by atoms with Gasteiger partial charge < -0.3 is 9.88 Å². The fourth-order valence-electron chi connectivity index (χ4n) is 2.18. The highest BCUT2D eigenvalue weighted by Crippen LogP contribution is 2.17. The molecule has 0 aliphatic carbocycles. The number of rotatable bonds is 1. The van der Waals surface area contributed by atoms with E-state index in [0.29, 0.717) is 5.69 Å². The van der Waals surface area contributed by atoms with Crippen LogP contribution in [0.25, 0.3) is 10.9 Å². The van der Waals surface area contributed by atoms with Gasteiger partial charge in [-0.2, -0.15) is 0 Å². The fraction of sp³-hybridized carbons (Fsp3) is 0.333. The molecule has 0 atom stereocenters. The van der Waals surface area contributed by atoms with Crippen LogP contribution in [-0.4, -0.2) is 33.9 Å². The fourth-order valence-corrected chi connectivity index (χ4v) is 2.18. The zero-order valence-corrected chi connectivity index (χ0v) is 8.94. The quantitative estimate of drug-likeness (QED) is 0.788. The molecule has 3 heterocycles. The van der Waals surface area contributed by atoms with Crippen LogP contribution in [0.4, 0.5) is 0 Å². The minimum Gasteiger partial charge on any atom is -0.350 e. The van der Waals surface area contributed by atoms with Gasteiger partial charge in [-0.1, -0.05) is 0 Å². The molecule has 2 aromatic heterocycles. The van der Waals surface area contributed by atoms with Crippen molar-refractivity contribution < 1.29 is 4.79 Å². The van der Waals surface area contributed by atoms with E-state index in [1.807, 2.05) is 17.0 Å². The monoisotopic (exact) mass is 215 g/mol. The van der Waals surface area contributed by atoms with Gasteiger partial charge >= 0.3 is 0 Å². The van der Waals surface area contributed by atoms with Crippen LogP contribution in [0, 0.1) is 0 Å². The lowest BCUT2D eigenvalue weighted by Crippen LogP contribution is -2.27. The number of likely N-dealkylation sites (tertiary alicyclic amines) is 1. The minimum atomic E-state index is 0.105. The second-order valence-electron chi connectivity index (χ2n) is 4.15. The number of nitrogens with zero attached hydrogens (tertiary/aromatic N) is 2. The summed E-state index contributed by atoms with van der Waals surface area (Å²) in [6.07, 6.45) is 5.73. The Labute approximate surface area is 93.3 Å². The molecule has 0 bridgehead atoms. The Morgan fingerprint density at radius 1 is 1.38 bits per heavy atom. The lowest BCUT2D eigenvalue weighted by atomic mass is 10.3. The SMILES string of the molecule is O=C(c1cc2cnccc2[nH]1)N1CCCC1. The Bertz CT molecular complexity index is 493. The molecule has 1 aliphatic rings. The van der Waals surface area contributed by atoms with E-state index < -0.39 is 0 Å². The van der Waals surface area contributed by atoms with Crippen molar-refractivity contribution >= 4 is 16.8 Å². The zero-order chi connectivity index (χ0) is 11.0. The molecule has 0 saturated carbocycles. The first-order chi connectivity index (χ1) is 7.84. The van der Waals surface area contributed by atoms with E-state index in [-0.39, 0.29) is 5.91 Å². The normalized spacial score (nSPS) is 15.9. The number of carbonyl (C=O) groups excluding carboxylic acids is 1. The van der Waals surface area contributed by atoms with Crippen LogP contribution in [0.15, 0.2) is 24.5 Å². The molecule has 0 unspecified atom stereocenters. The molecule has 1 aliphatic heterocycles. The first-order valence-corrected chi connectivity index (χ1v) is 5.56. The van der Waals surface area contributed by atoms with Crippen molar-refractivity contribution in [2.75, 3.05) is 13.1 Å². The number of pyridine rings is 1. The molecule has 1 fully saturated rings. The summed E-state index contributed by atoms with van der Waals surface area (Å²) in [6.45, 7) is 1.76. The van der Waals surface area contributed by atoms with E-state index in [4.69, 9.17) is 0 Å². The molecule has 16 heavy (non-hydrogen) atoms. The Hall–Kier alpha value is -1.84. The molecule has 2 aromatic rings. The highest BCUT2D eigenvalue weighted by atomic mass is 16.2. The number of hydrogen-bond acceptors (Lipinski definition) is 2. The van der Waals surface area contributed by atoms with Crippen molar-refractivity contribution in [1.29, 1.82) is 0 Å². The van der Waals surface area contributed by atoms with Crippen LogP contribution in [0.1, 0.15) is 23.3 Å². The van der Waals surface area contributed by atoms with Gasteiger partial charge in [-0.3, -0.25) is 9.78 Å². The summed E-state index contributed by atoms with van der Waals surface area (Å²) < 4.78 is 0. The highest BCUT2D eigenvalue weighted by molar-refractivity contribution is 5.97. The average Bonchev–Trinajstić information content (AvgIpc) is 2.97. The molecule has 4 heteroatoms. The second kappa shape index (κ2) is 3.63. The molecule has 0 radical (unpaired) electrons. The van der Waals surface area contributed by atoms with Gasteiger partial charge in [0.1, 0.15) is 5.69 Å². The maximum absolute atomic E-state index is 12.1. The van der Waals surface area contributed by atoms with Crippen molar-refractivity contribution in [2.45, 2.75) is 12.8 Å². The van der Waals surface area contributed by atoms with Crippen LogP contribution >= 0.6 is 0 Å². The Balaban J connectivity index is 1.96. The summed E-state index contributed by atoms with van der Waals surface area (Å²) in [5.41, 5.74) is 1.64. The molecule has 3 rings (SSSR count). The molecule has 1 amide bonds. The van der Waals surface area contributed by atoms with Gasteiger partial charge in [0.05, 0.1) is 0 Å². The number of carbonyl (C=O) groups is 1. The molecule has 0 aromatic carbocycles. The van der Waals surface area contributed by atoms with Crippen LogP contribution < -0.4 is 0 Å². The summed E-state index contributed by atoms with van der Waals surface area (Å²) >= 11 is 0. The predicted molar refractivity (Wildman–Crippen MR) is 61.2 cm³/mol. The van der Waals surface area contributed by atoms with Crippen LogP contribution in [-0.2, 0) is 0 Å². The van der Waals surface area contributed by atoms with Crippen molar-refractivity contribution in [3.63, 3.8) is 0 Å². The van der Waals surface area contributed by atoms with Crippen LogP contribution in [0.2, 0.25) is 0 Å². The number of nitrogens with one attached hydrogen (secondary N) is 1. The van der Waals surface area contributed by atoms with E-state index in [0.717, 1.165) is 36.8 Å². The summed E-state index contributed by atoms with van der Waals surface area (Å²) in [7, 11) is 0. The third-order valence-electron chi connectivity index (χ3n) is 3.04. The average molecular weight is 215 g/mol. The number of H-pyrrole nitrogens is 1. The maximum atomic E-state index is 12.1. The van der Waals surface area contributed by atoms with Crippen LogP contribution in [0.5, 0.6) is 0 Å². The second-order valence-corrected chi connectivity index (χ2v) is 4.15. The van der Waals surface area contributed by atoms with E-state index >= 15 is 0 Å². The number of aromatic nitrogens is 2. The number of aromatic amines is 1. The topological polar surface area (TPSA) is 49.0 Å². The van der Waals surface area contributed by atoms with Gasteiger partial charge in [0, 0.05) is 36.4 Å². The van der Waals surface area contributed by atoms with Gasteiger partial charge in [0.15, 0.2) is 0 Å². The molecule has 1 N–H and O–H groups in total. The zero-order valence-electron chi connectivity index (χ0n) is 8.94. The summed E-state index contributed by atoms with van der Waals surface area (Å²) in [5.74, 6) is 0.105. The van der Waals surface area contributed by atoms with E-state index in [9.17, 15) is 4.79 Å². The van der Waals surface area contributed by atoms with E-state index in [1.165, 1.54) is 0 Å². The van der Waals surface area contributed by atoms with Crippen LogP contribution in [0.3, 0.4) is 0 Å². The molecular weight excluding hydrogens is 202 g/mol. The minimum absolute atomic E-state index is 0.105. The highest BCUT2D eigenvalue weighted by Gasteiger charge is 2.20. The van der Waals surface area contributed by atoms with E-state index in [1.54, 1.807) is 12.4 Å². The number of fused-ring (bicyclic) bond motifs is 1. The molecule has 1 saturated heterocycles. The van der Waals surface area contributed by atoms with Gasteiger partial charge in [-0.15, -0.1) is 0 Å². The largest absolute Gasteiger partial charge is 0.350 e. The predicted octanol–water partition coefficient (Wildman–Crippen LogP) is 1.80. The first-order valence-electron chi connectivity index (χ1n) is 5.56. The van der Waals surface area contributed by atoms with Gasteiger partial charge in [0.2, 0.25) is 0 Å². The summed E-state index contributed by atoms with van der Waals surface area (Å²) in [5, 5.41) is 0.991. The Kier molecular flexibility index (Phi) is 2.13. The third kappa shape index (κ3) is 1.46. The molecule has 0 spiro atoms. The van der Waals surface area contributed by atoms with Crippen molar-refractivity contribution in [1.82, 2.24) is 14.9 Å². The lowest BCUT2D eigenvalue weighted by molar-refractivity contribution is 0.0788. The summed E-state index contributed by atoms with van der Waals surface area (Å²) in [4.78, 5) is 21.2. The number of amides is 1. The maximum Gasteiger partial charge on any atom is 0.270 e. The third-order valence-corrected chi connectivity index (χ3v) is 3.04. The van der Waals surface area contributed by atoms with Gasteiger partial charge in [0.25, 0.3) is 5.91 Å². The van der Waals surface area contributed by atoms with Crippen molar-refractivity contribution in [3.8, 4) is 0 Å². The van der Waals surface area contributed by atoms with E-state index in [2.05, 4.69) is 9.97 Å². The van der Waals surface area contributed by atoms with Crippen molar-refractivity contribution in [3.05, 3.63) is 30.2 Å². The van der Waals surface area contributed by atoms with Gasteiger partial charge in [-0.25, -0.2) is 0 Å². The lowest BCUT2D eigenvalue weighted by Gasteiger charge is -2.13. The first kappa shape index (κ1) is 9.39. The van der Waals surface area contributed by atoms with Gasteiger partial charge in [-0.05, 0) is 25.0 Å².